The van der Waals surface area contributed by atoms with Crippen LogP contribution < -0.4 is 10.6 Å². The van der Waals surface area contributed by atoms with E-state index in [1.165, 1.54) is 6.42 Å². The number of hydrogen-bond acceptors (Lipinski definition) is 3. The molecule has 0 saturated carbocycles. The number of halogens is 1. The number of guanidine groups is 1. The minimum atomic E-state index is 0. The highest BCUT2D eigenvalue weighted by atomic mass is 127. The molecule has 5 nitrogen and oxygen atoms in total. The number of hydrogen-bond donors (Lipinski definition) is 2. The van der Waals surface area contributed by atoms with Crippen LogP contribution in [-0.4, -0.2) is 51.5 Å². The fourth-order valence-electron chi connectivity index (χ4n) is 2.13. The molecule has 1 atom stereocenters. The third-order valence-electron chi connectivity index (χ3n) is 3.23. The van der Waals surface area contributed by atoms with Gasteiger partial charge in [-0.3, -0.25) is 4.99 Å². The zero-order valence-electron chi connectivity index (χ0n) is 14.0. The first-order chi connectivity index (χ1) is 10.4. The van der Waals surface area contributed by atoms with Crippen molar-refractivity contribution in [2.45, 2.75) is 45.6 Å². The van der Waals surface area contributed by atoms with Crippen molar-refractivity contribution in [3.05, 3.63) is 12.2 Å². The SMILES string of the molecule is CC=CCCNC(=NCCCOCC1CCCO1)NCC.I. The summed E-state index contributed by atoms with van der Waals surface area (Å²) < 4.78 is 11.1. The summed E-state index contributed by atoms with van der Waals surface area (Å²) in [5.74, 6) is 0.890. The van der Waals surface area contributed by atoms with Gasteiger partial charge in [0.2, 0.25) is 0 Å². The molecule has 6 heteroatoms. The Kier molecular flexibility index (Phi) is 15.3. The van der Waals surface area contributed by atoms with E-state index in [1.807, 2.05) is 6.92 Å². The quantitative estimate of drug-likeness (QED) is 0.186. The van der Waals surface area contributed by atoms with Gasteiger partial charge in [-0.15, -0.1) is 24.0 Å². The highest BCUT2D eigenvalue weighted by molar-refractivity contribution is 14.0. The third kappa shape index (κ3) is 11.3. The van der Waals surface area contributed by atoms with Crippen LogP contribution in [0.25, 0.3) is 0 Å². The Morgan fingerprint density at radius 2 is 2.27 bits per heavy atom. The molecule has 0 bridgehead atoms. The Bertz CT molecular complexity index is 306. The summed E-state index contributed by atoms with van der Waals surface area (Å²) in [6.07, 6.45) is 8.80. The van der Waals surface area contributed by atoms with Crippen molar-refractivity contribution in [2.75, 3.05) is 39.5 Å². The summed E-state index contributed by atoms with van der Waals surface area (Å²) in [7, 11) is 0. The average molecular weight is 425 g/mol. The first-order valence-electron chi connectivity index (χ1n) is 8.19. The van der Waals surface area contributed by atoms with Gasteiger partial charge < -0.3 is 20.1 Å². The van der Waals surface area contributed by atoms with Gasteiger partial charge in [-0.05, 0) is 39.5 Å². The Morgan fingerprint density at radius 3 is 2.95 bits per heavy atom. The second kappa shape index (κ2) is 15.6. The van der Waals surface area contributed by atoms with E-state index in [9.17, 15) is 0 Å². The minimum absolute atomic E-state index is 0. The molecule has 0 aromatic rings. The highest BCUT2D eigenvalue weighted by Crippen LogP contribution is 2.11. The summed E-state index contributed by atoms with van der Waals surface area (Å²) in [5.41, 5.74) is 0. The first-order valence-corrected chi connectivity index (χ1v) is 8.19. The lowest BCUT2D eigenvalue weighted by Gasteiger charge is -2.11. The maximum atomic E-state index is 5.63. The highest BCUT2D eigenvalue weighted by Gasteiger charge is 2.14. The molecule has 22 heavy (non-hydrogen) atoms. The average Bonchev–Trinajstić information content (AvgIpc) is 3.00. The molecule has 0 aromatic carbocycles. The molecule has 1 heterocycles. The van der Waals surface area contributed by atoms with Crippen LogP contribution in [0, 0.1) is 0 Å². The Balaban J connectivity index is 0.00000441. The maximum absolute atomic E-state index is 5.63. The van der Waals surface area contributed by atoms with Crippen LogP contribution in [0.4, 0.5) is 0 Å². The normalized spacial score (nSPS) is 18.5. The third-order valence-corrected chi connectivity index (χ3v) is 3.23. The zero-order chi connectivity index (χ0) is 15.2. The van der Waals surface area contributed by atoms with Crippen LogP contribution in [0.2, 0.25) is 0 Å². The van der Waals surface area contributed by atoms with Crippen molar-refractivity contribution in [3.63, 3.8) is 0 Å². The summed E-state index contributed by atoms with van der Waals surface area (Å²) >= 11 is 0. The van der Waals surface area contributed by atoms with E-state index in [0.717, 1.165) is 64.7 Å². The van der Waals surface area contributed by atoms with Gasteiger partial charge in [0, 0.05) is 32.8 Å². The lowest BCUT2D eigenvalue weighted by molar-refractivity contribution is 0.0171. The van der Waals surface area contributed by atoms with Crippen LogP contribution >= 0.6 is 24.0 Å². The first kappa shape index (κ1) is 21.7. The van der Waals surface area contributed by atoms with Gasteiger partial charge in [-0.1, -0.05) is 12.2 Å². The van der Waals surface area contributed by atoms with Gasteiger partial charge in [-0.25, -0.2) is 0 Å². The monoisotopic (exact) mass is 425 g/mol. The lowest BCUT2D eigenvalue weighted by Crippen LogP contribution is -2.37. The van der Waals surface area contributed by atoms with Crippen LogP contribution in [0.5, 0.6) is 0 Å². The summed E-state index contributed by atoms with van der Waals surface area (Å²) in [6, 6.07) is 0. The van der Waals surface area contributed by atoms with E-state index in [1.54, 1.807) is 0 Å². The molecular formula is C16H32IN3O2. The number of nitrogens with zero attached hydrogens (tertiary/aromatic N) is 1. The molecule has 1 fully saturated rings. The van der Waals surface area contributed by atoms with Gasteiger partial charge >= 0.3 is 0 Å². The van der Waals surface area contributed by atoms with Gasteiger partial charge in [0.1, 0.15) is 0 Å². The van der Waals surface area contributed by atoms with Gasteiger partial charge in [0.15, 0.2) is 5.96 Å². The molecular weight excluding hydrogens is 393 g/mol. The maximum Gasteiger partial charge on any atom is 0.191 e. The van der Waals surface area contributed by atoms with E-state index >= 15 is 0 Å². The summed E-state index contributed by atoms with van der Waals surface area (Å²) in [6.45, 7) is 9.06. The second-order valence-corrected chi connectivity index (χ2v) is 5.11. The van der Waals surface area contributed by atoms with E-state index in [2.05, 4.69) is 34.7 Å². The molecule has 1 rings (SSSR count). The Labute approximate surface area is 152 Å². The molecule has 2 N–H and O–H groups in total. The molecule has 1 aliphatic heterocycles. The van der Waals surface area contributed by atoms with Crippen LogP contribution in [0.15, 0.2) is 17.1 Å². The molecule has 0 amide bonds. The van der Waals surface area contributed by atoms with E-state index in [-0.39, 0.29) is 24.0 Å². The van der Waals surface area contributed by atoms with Gasteiger partial charge in [0.25, 0.3) is 0 Å². The predicted octanol–water partition coefficient (Wildman–Crippen LogP) is 2.71. The van der Waals surface area contributed by atoms with Crippen LogP contribution in [0.1, 0.15) is 39.5 Å². The number of rotatable bonds is 10. The van der Waals surface area contributed by atoms with Crippen molar-refractivity contribution in [2.24, 2.45) is 4.99 Å². The standard InChI is InChI=1S/C16H31N3O2.HI/c1-3-5-6-10-18-16(17-4-2)19-11-8-12-20-14-15-9-7-13-21-15;/h3,5,15H,4,6-14H2,1-2H3,(H2,17,18,19);1H. The smallest absolute Gasteiger partial charge is 0.191 e. The molecule has 1 unspecified atom stereocenters. The molecule has 130 valence electrons. The van der Waals surface area contributed by atoms with E-state index in [4.69, 9.17) is 9.47 Å². The number of nitrogens with one attached hydrogen (secondary N) is 2. The van der Waals surface area contributed by atoms with Crippen molar-refractivity contribution >= 4 is 29.9 Å². The minimum Gasteiger partial charge on any atom is -0.379 e. The van der Waals surface area contributed by atoms with E-state index in [0.29, 0.717) is 6.10 Å². The lowest BCUT2D eigenvalue weighted by atomic mass is 10.2. The second-order valence-electron chi connectivity index (χ2n) is 5.11. The zero-order valence-corrected chi connectivity index (χ0v) is 16.3. The number of ether oxygens (including phenoxy) is 2. The molecule has 0 aliphatic carbocycles. The molecule has 0 spiro atoms. The molecule has 0 radical (unpaired) electrons. The Morgan fingerprint density at radius 1 is 1.41 bits per heavy atom. The fraction of sp³-hybridized carbons (Fsp3) is 0.812. The van der Waals surface area contributed by atoms with Crippen molar-refractivity contribution < 1.29 is 9.47 Å². The van der Waals surface area contributed by atoms with E-state index < -0.39 is 0 Å². The van der Waals surface area contributed by atoms with Crippen molar-refractivity contribution in [1.82, 2.24) is 10.6 Å². The fourth-order valence-corrected chi connectivity index (χ4v) is 2.13. The van der Waals surface area contributed by atoms with Crippen molar-refractivity contribution in [1.29, 1.82) is 0 Å². The van der Waals surface area contributed by atoms with Crippen molar-refractivity contribution in [3.8, 4) is 0 Å². The van der Waals surface area contributed by atoms with Gasteiger partial charge in [0.05, 0.1) is 12.7 Å². The van der Waals surface area contributed by atoms with Crippen LogP contribution in [-0.2, 0) is 9.47 Å². The predicted molar refractivity (Wildman–Crippen MR) is 103 cm³/mol. The molecule has 1 saturated heterocycles. The van der Waals surface area contributed by atoms with Gasteiger partial charge in [-0.2, -0.15) is 0 Å². The molecule has 1 aliphatic rings. The number of aliphatic imine (C=N–C) groups is 1. The summed E-state index contributed by atoms with van der Waals surface area (Å²) in [5, 5.41) is 6.57. The summed E-state index contributed by atoms with van der Waals surface area (Å²) in [4.78, 5) is 4.54. The molecule has 0 aromatic heterocycles. The topological polar surface area (TPSA) is 54.9 Å². The largest absolute Gasteiger partial charge is 0.379 e. The number of allylic oxidation sites excluding steroid dienone is 1. The van der Waals surface area contributed by atoms with Crippen LogP contribution in [0.3, 0.4) is 0 Å². The Hall–Kier alpha value is -0.340.